The van der Waals surface area contributed by atoms with Gasteiger partial charge in [0.15, 0.2) is 0 Å². The maximum absolute atomic E-state index is 12.1. The third kappa shape index (κ3) is 2.26. The summed E-state index contributed by atoms with van der Waals surface area (Å²) in [5.74, 6) is 0.698. The van der Waals surface area contributed by atoms with E-state index < -0.39 is 0 Å². The molecule has 0 saturated heterocycles. The average molecular weight is 217 g/mol. The lowest BCUT2D eigenvalue weighted by Crippen LogP contribution is -2.35. The van der Waals surface area contributed by atoms with E-state index in [0.29, 0.717) is 12.3 Å². The minimum absolute atomic E-state index is 0.266. The van der Waals surface area contributed by atoms with Crippen LogP contribution in [0.5, 0.6) is 0 Å². The second-order valence-electron chi connectivity index (χ2n) is 4.88. The third-order valence-electron chi connectivity index (χ3n) is 2.99. The van der Waals surface area contributed by atoms with Crippen LogP contribution in [0.4, 0.5) is 5.69 Å². The van der Waals surface area contributed by atoms with Gasteiger partial charge in [0, 0.05) is 18.7 Å². The van der Waals surface area contributed by atoms with Crippen molar-refractivity contribution >= 4 is 11.6 Å². The Balaban J connectivity index is 2.21. The summed E-state index contributed by atoms with van der Waals surface area (Å²) in [6.45, 7) is 5.06. The average Bonchev–Trinajstić information content (AvgIpc) is 2.27. The normalized spacial score (nSPS) is 15.1. The molecule has 86 valence electrons. The zero-order valence-corrected chi connectivity index (χ0v) is 10.1. The van der Waals surface area contributed by atoms with Crippen LogP contribution in [0.1, 0.15) is 32.3 Å². The number of rotatable bonds is 2. The molecule has 1 aliphatic rings. The van der Waals surface area contributed by atoms with Gasteiger partial charge in [-0.1, -0.05) is 32.0 Å². The highest BCUT2D eigenvalue weighted by Crippen LogP contribution is 2.27. The molecule has 0 saturated carbocycles. The van der Waals surface area contributed by atoms with Crippen molar-refractivity contribution in [3.8, 4) is 0 Å². The van der Waals surface area contributed by atoms with Crippen molar-refractivity contribution in [1.82, 2.24) is 0 Å². The fourth-order valence-corrected chi connectivity index (χ4v) is 2.25. The van der Waals surface area contributed by atoms with Gasteiger partial charge in [-0.15, -0.1) is 0 Å². The van der Waals surface area contributed by atoms with Gasteiger partial charge in [-0.2, -0.15) is 0 Å². The number of carbonyl (C=O) groups is 1. The maximum Gasteiger partial charge on any atom is 0.227 e. The van der Waals surface area contributed by atoms with Gasteiger partial charge in [0.2, 0.25) is 5.91 Å². The van der Waals surface area contributed by atoms with Gasteiger partial charge in [-0.25, -0.2) is 0 Å². The van der Waals surface area contributed by atoms with Gasteiger partial charge < -0.3 is 4.90 Å². The standard InChI is InChI=1S/C14H19NO/c1-11(2)10-14(16)15-9-5-7-12-6-3-4-8-13(12)15/h3-4,6,8,11H,5,7,9-10H2,1-2H3. The van der Waals surface area contributed by atoms with Crippen LogP contribution >= 0.6 is 0 Å². The van der Waals surface area contributed by atoms with Gasteiger partial charge in [-0.3, -0.25) is 4.79 Å². The summed E-state index contributed by atoms with van der Waals surface area (Å²) in [6, 6.07) is 8.26. The van der Waals surface area contributed by atoms with E-state index >= 15 is 0 Å². The van der Waals surface area contributed by atoms with E-state index in [4.69, 9.17) is 0 Å². The fourth-order valence-electron chi connectivity index (χ4n) is 2.25. The van der Waals surface area contributed by atoms with E-state index in [1.54, 1.807) is 0 Å². The summed E-state index contributed by atoms with van der Waals surface area (Å²) in [7, 11) is 0. The van der Waals surface area contributed by atoms with Crippen molar-refractivity contribution in [3.05, 3.63) is 29.8 Å². The summed E-state index contributed by atoms with van der Waals surface area (Å²) in [5, 5.41) is 0. The second-order valence-corrected chi connectivity index (χ2v) is 4.88. The number of hydrogen-bond donors (Lipinski definition) is 0. The van der Waals surface area contributed by atoms with Crippen LogP contribution in [0.15, 0.2) is 24.3 Å². The van der Waals surface area contributed by atoms with Crippen LogP contribution in [-0.4, -0.2) is 12.5 Å². The first-order chi connectivity index (χ1) is 7.68. The number of fused-ring (bicyclic) bond motifs is 1. The van der Waals surface area contributed by atoms with Crippen molar-refractivity contribution < 1.29 is 4.79 Å². The van der Waals surface area contributed by atoms with E-state index in [1.807, 2.05) is 11.0 Å². The van der Waals surface area contributed by atoms with Crippen LogP contribution in [0.2, 0.25) is 0 Å². The molecular formula is C14H19NO. The van der Waals surface area contributed by atoms with E-state index in [9.17, 15) is 4.79 Å². The highest BCUT2D eigenvalue weighted by atomic mass is 16.2. The number of hydrogen-bond acceptors (Lipinski definition) is 1. The Morgan fingerprint density at radius 3 is 2.88 bits per heavy atom. The van der Waals surface area contributed by atoms with Crippen molar-refractivity contribution in [3.63, 3.8) is 0 Å². The predicted molar refractivity (Wildman–Crippen MR) is 66.6 cm³/mol. The molecule has 0 aliphatic carbocycles. The van der Waals surface area contributed by atoms with Crippen molar-refractivity contribution in [2.45, 2.75) is 33.1 Å². The zero-order chi connectivity index (χ0) is 11.5. The summed E-state index contributed by atoms with van der Waals surface area (Å²) in [6.07, 6.45) is 2.83. The number of aryl methyl sites for hydroxylation is 1. The van der Waals surface area contributed by atoms with Gasteiger partial charge >= 0.3 is 0 Å². The Hall–Kier alpha value is -1.31. The van der Waals surface area contributed by atoms with Gasteiger partial charge in [-0.05, 0) is 30.4 Å². The summed E-state index contributed by atoms with van der Waals surface area (Å²) in [4.78, 5) is 14.1. The summed E-state index contributed by atoms with van der Waals surface area (Å²) < 4.78 is 0. The molecule has 1 aromatic carbocycles. The highest BCUT2D eigenvalue weighted by molar-refractivity contribution is 5.94. The molecule has 0 radical (unpaired) electrons. The Morgan fingerprint density at radius 1 is 1.38 bits per heavy atom. The topological polar surface area (TPSA) is 20.3 Å². The second kappa shape index (κ2) is 4.69. The van der Waals surface area contributed by atoms with Gasteiger partial charge in [0.25, 0.3) is 0 Å². The molecule has 0 atom stereocenters. The van der Waals surface area contributed by atoms with Gasteiger partial charge in [0.1, 0.15) is 0 Å². The molecule has 2 nitrogen and oxygen atoms in total. The van der Waals surface area contributed by atoms with Gasteiger partial charge in [0.05, 0.1) is 0 Å². The minimum Gasteiger partial charge on any atom is -0.312 e. The smallest absolute Gasteiger partial charge is 0.227 e. The summed E-state index contributed by atoms with van der Waals surface area (Å²) in [5.41, 5.74) is 2.44. The van der Waals surface area contributed by atoms with E-state index in [2.05, 4.69) is 32.0 Å². The molecule has 1 aromatic rings. The number of anilines is 1. The number of para-hydroxylation sites is 1. The largest absolute Gasteiger partial charge is 0.312 e. The molecule has 0 spiro atoms. The molecule has 0 aromatic heterocycles. The van der Waals surface area contributed by atoms with E-state index in [1.165, 1.54) is 5.56 Å². The molecule has 0 unspecified atom stereocenters. The van der Waals surface area contributed by atoms with Crippen molar-refractivity contribution in [2.24, 2.45) is 5.92 Å². The van der Waals surface area contributed by atoms with Crippen molar-refractivity contribution in [2.75, 3.05) is 11.4 Å². The molecule has 0 bridgehead atoms. The molecule has 2 rings (SSSR count). The molecule has 16 heavy (non-hydrogen) atoms. The maximum atomic E-state index is 12.1. The third-order valence-corrected chi connectivity index (χ3v) is 2.99. The highest BCUT2D eigenvalue weighted by Gasteiger charge is 2.22. The molecule has 1 aliphatic heterocycles. The fraction of sp³-hybridized carbons (Fsp3) is 0.500. The first-order valence-corrected chi connectivity index (χ1v) is 6.06. The molecule has 1 heterocycles. The van der Waals surface area contributed by atoms with Crippen LogP contribution in [0.3, 0.4) is 0 Å². The number of amides is 1. The van der Waals surface area contributed by atoms with Crippen LogP contribution in [0, 0.1) is 5.92 Å². The van der Waals surface area contributed by atoms with Crippen LogP contribution in [-0.2, 0) is 11.2 Å². The zero-order valence-electron chi connectivity index (χ0n) is 10.1. The Morgan fingerprint density at radius 2 is 2.12 bits per heavy atom. The monoisotopic (exact) mass is 217 g/mol. The Kier molecular flexibility index (Phi) is 3.28. The minimum atomic E-state index is 0.266. The first kappa shape index (κ1) is 11.2. The lowest BCUT2D eigenvalue weighted by Gasteiger charge is -2.30. The van der Waals surface area contributed by atoms with Crippen LogP contribution in [0.25, 0.3) is 0 Å². The van der Waals surface area contributed by atoms with Crippen LogP contribution < -0.4 is 4.90 Å². The van der Waals surface area contributed by atoms with E-state index in [-0.39, 0.29) is 5.91 Å². The molecule has 2 heteroatoms. The molecular weight excluding hydrogens is 198 g/mol. The SMILES string of the molecule is CC(C)CC(=O)N1CCCc2ccccc21. The lowest BCUT2D eigenvalue weighted by molar-refractivity contribution is -0.119. The Labute approximate surface area is 97.3 Å². The number of benzene rings is 1. The first-order valence-electron chi connectivity index (χ1n) is 6.06. The number of nitrogens with zero attached hydrogens (tertiary/aromatic N) is 1. The number of carbonyl (C=O) groups excluding carboxylic acids is 1. The predicted octanol–water partition coefficient (Wildman–Crippen LogP) is 3.01. The quantitative estimate of drug-likeness (QED) is 0.745. The molecule has 0 N–H and O–H groups in total. The molecule has 0 fully saturated rings. The summed E-state index contributed by atoms with van der Waals surface area (Å²) >= 11 is 0. The molecule has 1 amide bonds. The van der Waals surface area contributed by atoms with Crippen molar-refractivity contribution in [1.29, 1.82) is 0 Å². The Bertz CT molecular complexity index is 384. The van der Waals surface area contributed by atoms with E-state index in [0.717, 1.165) is 25.1 Å². The lowest BCUT2D eigenvalue weighted by atomic mass is 10.0.